The molecule has 2 aromatic rings. The third-order valence-electron chi connectivity index (χ3n) is 2.62. The fraction of sp³-hybridized carbons (Fsp3) is 0.143. The van der Waals surface area contributed by atoms with Crippen LogP contribution in [0.5, 0.6) is 11.5 Å². The smallest absolute Gasteiger partial charge is 0.490 e. The van der Waals surface area contributed by atoms with E-state index in [2.05, 4.69) is 0 Å². The zero-order valence-corrected chi connectivity index (χ0v) is 14.8. The van der Waals surface area contributed by atoms with Gasteiger partial charge in [-0.15, -0.1) is 5.46 Å². The summed E-state index contributed by atoms with van der Waals surface area (Å²) in [5.74, 6) is 1.12. The van der Waals surface area contributed by atoms with Crippen molar-refractivity contribution in [1.82, 2.24) is 0 Å². The number of hydrogen-bond donors (Lipinski definition) is 0. The molecule has 0 aromatic heterocycles. The van der Waals surface area contributed by atoms with Gasteiger partial charge in [-0.05, 0) is 24.3 Å². The standard InChI is InChI=1S/C14H13BF3O2.K/c16-15(17,18)12-6-8-14(9-7-12)20-11-10-19-13-4-2-1-3-5-13;/h1-9H,10-11H2;/q-1;+1. The van der Waals surface area contributed by atoms with Crippen LogP contribution in [0.15, 0.2) is 54.6 Å². The Hall–Kier alpha value is -0.469. The molecule has 0 amide bonds. The van der Waals surface area contributed by atoms with Gasteiger partial charge in [-0.3, -0.25) is 0 Å². The fourth-order valence-electron chi connectivity index (χ4n) is 1.62. The Balaban J connectivity index is 0.00000220. The Morgan fingerprint density at radius 3 is 1.67 bits per heavy atom. The predicted octanol–water partition coefficient (Wildman–Crippen LogP) is 0.203. The number of ether oxygens (including phenoxy) is 2. The maximum Gasteiger partial charge on any atom is 1.00 e. The molecule has 7 heteroatoms. The molecule has 0 saturated heterocycles. The van der Waals surface area contributed by atoms with E-state index >= 15 is 0 Å². The van der Waals surface area contributed by atoms with Crippen molar-refractivity contribution in [2.75, 3.05) is 13.2 Å². The molecule has 21 heavy (non-hydrogen) atoms. The Morgan fingerprint density at radius 1 is 0.714 bits per heavy atom. The first-order valence-corrected chi connectivity index (χ1v) is 6.16. The van der Waals surface area contributed by atoms with E-state index in [1.807, 2.05) is 30.3 Å². The molecule has 2 nitrogen and oxygen atoms in total. The van der Waals surface area contributed by atoms with Crippen LogP contribution >= 0.6 is 0 Å². The Kier molecular flexibility index (Phi) is 7.83. The molecule has 0 aliphatic heterocycles. The molecule has 2 rings (SSSR count). The quantitative estimate of drug-likeness (QED) is 0.559. The molecule has 0 saturated carbocycles. The summed E-state index contributed by atoms with van der Waals surface area (Å²) in [7, 11) is 0. The summed E-state index contributed by atoms with van der Waals surface area (Å²) in [5, 5.41) is 0. The van der Waals surface area contributed by atoms with E-state index in [9.17, 15) is 12.9 Å². The molecule has 0 aliphatic carbocycles. The average Bonchev–Trinajstić information content (AvgIpc) is 2.44. The maximum absolute atomic E-state index is 12.4. The van der Waals surface area contributed by atoms with Gasteiger partial charge >= 0.3 is 58.4 Å². The topological polar surface area (TPSA) is 18.5 Å². The van der Waals surface area contributed by atoms with Crippen LogP contribution in [0.4, 0.5) is 12.9 Å². The van der Waals surface area contributed by atoms with Crippen molar-refractivity contribution in [2.45, 2.75) is 0 Å². The summed E-state index contributed by atoms with van der Waals surface area (Å²) in [6, 6.07) is 13.9. The van der Waals surface area contributed by atoms with Crippen LogP contribution in [0.3, 0.4) is 0 Å². The van der Waals surface area contributed by atoms with Gasteiger partial charge in [0.1, 0.15) is 24.7 Å². The minimum Gasteiger partial charge on any atom is -0.490 e. The van der Waals surface area contributed by atoms with Crippen LogP contribution in [0.1, 0.15) is 0 Å². The number of rotatable bonds is 6. The monoisotopic (exact) mass is 320 g/mol. The van der Waals surface area contributed by atoms with E-state index < -0.39 is 12.4 Å². The summed E-state index contributed by atoms with van der Waals surface area (Å²) in [6.07, 6.45) is 0. The van der Waals surface area contributed by atoms with Crippen molar-refractivity contribution in [2.24, 2.45) is 0 Å². The zero-order valence-electron chi connectivity index (χ0n) is 11.6. The van der Waals surface area contributed by atoms with E-state index in [0.717, 1.165) is 17.9 Å². The van der Waals surface area contributed by atoms with Gasteiger partial charge in [0.25, 0.3) is 0 Å². The zero-order chi connectivity index (χ0) is 14.4. The van der Waals surface area contributed by atoms with Crippen LogP contribution in [0, 0.1) is 0 Å². The van der Waals surface area contributed by atoms with E-state index in [1.165, 1.54) is 12.1 Å². The van der Waals surface area contributed by atoms with Crippen LogP contribution in [0.25, 0.3) is 0 Å². The van der Waals surface area contributed by atoms with Crippen molar-refractivity contribution >= 4 is 12.4 Å². The Bertz CT molecular complexity index is 532. The van der Waals surface area contributed by atoms with Gasteiger partial charge in [0, 0.05) is 0 Å². The molecule has 0 fully saturated rings. The van der Waals surface area contributed by atoms with Gasteiger partial charge in [0.05, 0.1) is 0 Å². The summed E-state index contributed by atoms with van der Waals surface area (Å²) >= 11 is 0. The van der Waals surface area contributed by atoms with Gasteiger partial charge in [-0.1, -0.05) is 30.3 Å². The van der Waals surface area contributed by atoms with Gasteiger partial charge < -0.3 is 22.4 Å². The second kappa shape index (κ2) is 8.85. The molecule has 0 aliphatic rings. The first-order chi connectivity index (χ1) is 9.55. The molecule has 0 unspecified atom stereocenters. The average molecular weight is 320 g/mol. The minimum atomic E-state index is -4.95. The van der Waals surface area contributed by atoms with E-state index in [1.54, 1.807) is 0 Å². The fourth-order valence-corrected chi connectivity index (χ4v) is 1.62. The molecular formula is C14H13BF3KO2. The number of hydrogen-bond acceptors (Lipinski definition) is 2. The Morgan fingerprint density at radius 2 is 1.19 bits per heavy atom. The largest absolute Gasteiger partial charge is 1.00 e. The third-order valence-corrected chi connectivity index (χ3v) is 2.62. The minimum absolute atomic E-state index is 0. The SMILES string of the molecule is F[B-](F)(F)c1ccc(OCCOc2ccccc2)cc1.[K+]. The number of halogens is 3. The first-order valence-electron chi connectivity index (χ1n) is 6.16. The van der Waals surface area contributed by atoms with Crippen molar-refractivity contribution < 1.29 is 73.8 Å². The molecule has 0 spiro atoms. The predicted molar refractivity (Wildman–Crippen MR) is 72.6 cm³/mol. The third kappa shape index (κ3) is 6.44. The first kappa shape index (κ1) is 18.6. The second-order valence-corrected chi connectivity index (χ2v) is 4.15. The van der Waals surface area contributed by atoms with E-state index in [0.29, 0.717) is 12.4 Å². The Labute approximate surface area is 164 Å². The molecule has 2 aromatic carbocycles. The van der Waals surface area contributed by atoms with E-state index in [-0.39, 0.29) is 58.0 Å². The molecule has 0 radical (unpaired) electrons. The van der Waals surface area contributed by atoms with Crippen LogP contribution in [-0.2, 0) is 0 Å². The van der Waals surface area contributed by atoms with Gasteiger partial charge in [-0.25, -0.2) is 0 Å². The molecule has 0 atom stereocenters. The second-order valence-electron chi connectivity index (χ2n) is 4.15. The molecule has 0 heterocycles. The van der Waals surface area contributed by atoms with Crippen molar-refractivity contribution in [1.29, 1.82) is 0 Å². The van der Waals surface area contributed by atoms with Crippen molar-refractivity contribution in [3.05, 3.63) is 54.6 Å². The van der Waals surface area contributed by atoms with Crippen LogP contribution in [-0.4, -0.2) is 20.2 Å². The van der Waals surface area contributed by atoms with Gasteiger partial charge in [0.2, 0.25) is 0 Å². The maximum atomic E-state index is 12.4. The van der Waals surface area contributed by atoms with Crippen LogP contribution in [0.2, 0.25) is 0 Å². The van der Waals surface area contributed by atoms with Crippen molar-refractivity contribution in [3.63, 3.8) is 0 Å². The number of benzene rings is 2. The van der Waals surface area contributed by atoms with Crippen molar-refractivity contribution in [3.8, 4) is 11.5 Å². The molecule has 0 N–H and O–H groups in total. The van der Waals surface area contributed by atoms with Crippen LogP contribution < -0.4 is 66.3 Å². The molecule has 106 valence electrons. The summed E-state index contributed by atoms with van der Waals surface area (Å²) in [5.41, 5.74) is -0.627. The summed E-state index contributed by atoms with van der Waals surface area (Å²) in [4.78, 5) is 0. The summed E-state index contributed by atoms with van der Waals surface area (Å²) < 4.78 is 48.0. The number of para-hydroxylation sites is 1. The molecular weight excluding hydrogens is 307 g/mol. The molecule has 0 bridgehead atoms. The summed E-state index contributed by atoms with van der Waals surface area (Å²) in [6.45, 7) is -4.35. The normalized spacial score (nSPS) is 10.6. The van der Waals surface area contributed by atoms with E-state index in [4.69, 9.17) is 9.47 Å². The van der Waals surface area contributed by atoms with Gasteiger partial charge in [-0.2, -0.15) is 0 Å². The van der Waals surface area contributed by atoms with Gasteiger partial charge in [0.15, 0.2) is 0 Å².